The van der Waals surface area contributed by atoms with Crippen molar-refractivity contribution in [2.45, 2.75) is 26.1 Å². The first-order chi connectivity index (χ1) is 7.43. The number of rotatable bonds is 4. The number of aliphatic hydroxyl groups excluding tert-OH is 1. The summed E-state index contributed by atoms with van der Waals surface area (Å²) in [6.07, 6.45) is 0. The minimum Gasteiger partial charge on any atom is -0.496 e. The predicted octanol–water partition coefficient (Wildman–Crippen LogP) is 2.40. The van der Waals surface area contributed by atoms with E-state index < -0.39 is 5.67 Å². The third-order valence-electron chi connectivity index (χ3n) is 2.41. The van der Waals surface area contributed by atoms with Gasteiger partial charge in [-0.05, 0) is 19.9 Å². The highest BCUT2D eigenvalue weighted by atomic mass is 19.1. The molecule has 0 aliphatic rings. The first kappa shape index (κ1) is 12.8. The van der Waals surface area contributed by atoms with Gasteiger partial charge in [0.2, 0.25) is 0 Å². The van der Waals surface area contributed by atoms with Gasteiger partial charge in [-0.15, -0.1) is 0 Å². The van der Waals surface area contributed by atoms with E-state index in [-0.39, 0.29) is 6.61 Å². The van der Waals surface area contributed by atoms with Crippen molar-refractivity contribution in [3.63, 3.8) is 0 Å². The highest BCUT2D eigenvalue weighted by Gasteiger charge is 2.25. The molecule has 1 rings (SSSR count). The first-order valence-corrected chi connectivity index (χ1v) is 4.99. The van der Waals surface area contributed by atoms with Crippen LogP contribution in [0.3, 0.4) is 0 Å². The van der Waals surface area contributed by atoms with Gasteiger partial charge >= 0.3 is 0 Å². The van der Waals surface area contributed by atoms with Crippen molar-refractivity contribution in [2.24, 2.45) is 0 Å². The maximum Gasteiger partial charge on any atom is 0.134 e. The quantitative estimate of drug-likeness (QED) is 0.860. The Bertz CT molecular complexity index is 369. The molecule has 0 amide bonds. The van der Waals surface area contributed by atoms with Gasteiger partial charge in [0.15, 0.2) is 0 Å². The van der Waals surface area contributed by atoms with Gasteiger partial charge in [-0.25, -0.2) is 4.39 Å². The largest absolute Gasteiger partial charge is 0.496 e. The van der Waals surface area contributed by atoms with E-state index in [4.69, 9.17) is 14.6 Å². The summed E-state index contributed by atoms with van der Waals surface area (Å²) in [5, 5.41) is 9.16. The fraction of sp³-hybridized carbons (Fsp3) is 0.500. The van der Waals surface area contributed by atoms with Crippen LogP contribution < -0.4 is 9.47 Å². The average molecular weight is 228 g/mol. The van der Waals surface area contributed by atoms with E-state index in [2.05, 4.69) is 0 Å². The number of halogens is 1. The van der Waals surface area contributed by atoms with Crippen LogP contribution in [0.25, 0.3) is 0 Å². The molecule has 3 nitrogen and oxygen atoms in total. The fourth-order valence-corrected chi connectivity index (χ4v) is 1.55. The van der Waals surface area contributed by atoms with Crippen LogP contribution in [0.2, 0.25) is 0 Å². The Morgan fingerprint density at radius 2 is 1.75 bits per heavy atom. The van der Waals surface area contributed by atoms with Crippen LogP contribution in [0.1, 0.15) is 25.0 Å². The number of hydrogen-bond donors (Lipinski definition) is 1. The van der Waals surface area contributed by atoms with E-state index in [1.165, 1.54) is 28.1 Å². The van der Waals surface area contributed by atoms with E-state index in [9.17, 15) is 4.39 Å². The van der Waals surface area contributed by atoms with Crippen LogP contribution in [0.4, 0.5) is 4.39 Å². The Labute approximate surface area is 94.8 Å². The van der Waals surface area contributed by atoms with Gasteiger partial charge < -0.3 is 14.6 Å². The van der Waals surface area contributed by atoms with Crippen LogP contribution in [0, 0.1) is 0 Å². The summed E-state index contributed by atoms with van der Waals surface area (Å²) in [5.74, 6) is 0.911. The normalized spacial score (nSPS) is 11.4. The molecule has 0 unspecified atom stereocenters. The van der Waals surface area contributed by atoms with Crippen molar-refractivity contribution < 1.29 is 19.0 Å². The zero-order chi connectivity index (χ0) is 12.3. The van der Waals surface area contributed by atoms with E-state index >= 15 is 0 Å². The Morgan fingerprint density at radius 3 is 2.12 bits per heavy atom. The molecular formula is C12H17FO3. The third kappa shape index (κ3) is 2.44. The molecule has 0 saturated heterocycles. The van der Waals surface area contributed by atoms with Crippen LogP contribution >= 0.6 is 0 Å². The van der Waals surface area contributed by atoms with Crippen LogP contribution in [0.5, 0.6) is 11.5 Å². The maximum atomic E-state index is 13.9. The van der Waals surface area contributed by atoms with Gasteiger partial charge in [0.25, 0.3) is 0 Å². The minimum absolute atomic E-state index is 0.198. The monoisotopic (exact) mass is 228 g/mol. The second-order valence-electron chi connectivity index (χ2n) is 3.99. The molecule has 0 radical (unpaired) electrons. The highest BCUT2D eigenvalue weighted by molar-refractivity contribution is 5.48. The van der Waals surface area contributed by atoms with Gasteiger partial charge in [-0.2, -0.15) is 0 Å². The molecule has 0 aliphatic heterocycles. The number of aliphatic hydroxyl groups is 1. The Hall–Kier alpha value is -1.29. The van der Waals surface area contributed by atoms with Gasteiger partial charge in [0.1, 0.15) is 17.2 Å². The molecule has 1 aromatic carbocycles. The molecule has 0 fully saturated rings. The molecule has 0 bridgehead atoms. The fourth-order valence-electron chi connectivity index (χ4n) is 1.55. The highest BCUT2D eigenvalue weighted by Crippen LogP contribution is 2.37. The van der Waals surface area contributed by atoms with E-state index in [0.717, 1.165) is 0 Å². The van der Waals surface area contributed by atoms with Crippen LogP contribution in [-0.4, -0.2) is 19.3 Å². The summed E-state index contributed by atoms with van der Waals surface area (Å²) in [6.45, 7) is 2.69. The smallest absolute Gasteiger partial charge is 0.134 e. The molecule has 16 heavy (non-hydrogen) atoms. The molecule has 1 N–H and O–H groups in total. The molecule has 0 heterocycles. The lowest BCUT2D eigenvalue weighted by Crippen LogP contribution is -2.12. The van der Waals surface area contributed by atoms with E-state index in [0.29, 0.717) is 22.6 Å². The first-order valence-electron chi connectivity index (χ1n) is 4.99. The van der Waals surface area contributed by atoms with Gasteiger partial charge in [0, 0.05) is 17.2 Å². The van der Waals surface area contributed by atoms with Crippen molar-refractivity contribution in [1.82, 2.24) is 0 Å². The molecule has 0 spiro atoms. The summed E-state index contributed by atoms with van der Waals surface area (Å²) >= 11 is 0. The van der Waals surface area contributed by atoms with Crippen LogP contribution in [-0.2, 0) is 12.3 Å². The summed E-state index contributed by atoms with van der Waals surface area (Å²) in [6, 6.07) is 3.15. The Kier molecular flexibility index (Phi) is 3.75. The zero-order valence-electron chi connectivity index (χ0n) is 10.0. The topological polar surface area (TPSA) is 38.7 Å². The molecule has 90 valence electrons. The van der Waals surface area contributed by atoms with Crippen molar-refractivity contribution in [2.75, 3.05) is 14.2 Å². The number of alkyl halides is 1. The van der Waals surface area contributed by atoms with Crippen molar-refractivity contribution in [3.05, 3.63) is 23.3 Å². The standard InChI is InChI=1S/C12H17FO3/c1-12(2,13)9-5-8(7-14)10(15-3)6-11(9)16-4/h5-6,14H,7H2,1-4H3. The number of ether oxygens (including phenoxy) is 2. The van der Waals surface area contributed by atoms with E-state index in [1.54, 1.807) is 12.1 Å². The molecule has 0 aliphatic carbocycles. The third-order valence-corrected chi connectivity index (χ3v) is 2.41. The molecular weight excluding hydrogens is 211 g/mol. The minimum atomic E-state index is -1.53. The van der Waals surface area contributed by atoms with Crippen LogP contribution in [0.15, 0.2) is 12.1 Å². The van der Waals surface area contributed by atoms with Gasteiger partial charge in [-0.1, -0.05) is 0 Å². The summed E-state index contributed by atoms with van der Waals surface area (Å²) in [4.78, 5) is 0. The van der Waals surface area contributed by atoms with Gasteiger partial charge in [-0.3, -0.25) is 0 Å². The van der Waals surface area contributed by atoms with Crippen molar-refractivity contribution in [3.8, 4) is 11.5 Å². The zero-order valence-corrected chi connectivity index (χ0v) is 10.0. The predicted molar refractivity (Wildman–Crippen MR) is 59.6 cm³/mol. The summed E-state index contributed by atoms with van der Waals surface area (Å²) in [7, 11) is 2.97. The van der Waals surface area contributed by atoms with E-state index in [1.807, 2.05) is 0 Å². The van der Waals surface area contributed by atoms with Crippen molar-refractivity contribution >= 4 is 0 Å². The Morgan fingerprint density at radius 1 is 1.19 bits per heavy atom. The lowest BCUT2D eigenvalue weighted by Gasteiger charge is -2.20. The SMILES string of the molecule is COc1cc(OC)c(C(C)(C)F)cc1CO. The summed E-state index contributed by atoms with van der Waals surface area (Å²) < 4.78 is 24.1. The molecule has 1 aromatic rings. The van der Waals surface area contributed by atoms with Gasteiger partial charge in [0.05, 0.1) is 20.8 Å². The second kappa shape index (κ2) is 4.70. The molecule has 0 atom stereocenters. The molecule has 0 saturated carbocycles. The lowest BCUT2D eigenvalue weighted by molar-refractivity contribution is 0.211. The Balaban J connectivity index is 3.38. The molecule has 0 aromatic heterocycles. The average Bonchev–Trinajstić information content (AvgIpc) is 2.25. The van der Waals surface area contributed by atoms with Crippen molar-refractivity contribution in [1.29, 1.82) is 0 Å². The molecule has 4 heteroatoms. The number of hydrogen-bond acceptors (Lipinski definition) is 3. The maximum absolute atomic E-state index is 13.9. The summed E-state index contributed by atoms with van der Waals surface area (Å²) in [5.41, 5.74) is -0.578. The second-order valence-corrected chi connectivity index (χ2v) is 3.99. The lowest BCUT2D eigenvalue weighted by atomic mass is 9.96. The number of methoxy groups -OCH3 is 2. The number of benzene rings is 1.